The zero-order valence-corrected chi connectivity index (χ0v) is 11.2. The van der Waals surface area contributed by atoms with E-state index in [0.29, 0.717) is 5.56 Å². The average molecular weight is 271 g/mol. The van der Waals surface area contributed by atoms with E-state index in [9.17, 15) is 8.96 Å². The maximum absolute atomic E-state index is 13.0. The zero-order chi connectivity index (χ0) is 13.6. The largest absolute Gasteiger partial charge is 0.335 e. The standard InChI is InChI=1S/C12H15FNO3P/c1-3-16-18(15,17-4-2)9-10-5-6-12(13)7-11(10)8-14/h5-7H,3-4,9H2,1-2H3. The minimum atomic E-state index is -3.27. The molecule has 4 nitrogen and oxygen atoms in total. The van der Waals surface area contributed by atoms with Gasteiger partial charge in [0.1, 0.15) is 5.82 Å². The van der Waals surface area contributed by atoms with E-state index in [4.69, 9.17) is 14.3 Å². The van der Waals surface area contributed by atoms with Crippen molar-refractivity contribution in [3.05, 3.63) is 35.1 Å². The Morgan fingerprint density at radius 3 is 2.44 bits per heavy atom. The molecular formula is C12H15FNO3P. The molecule has 98 valence electrons. The van der Waals surface area contributed by atoms with E-state index in [1.807, 2.05) is 6.07 Å². The summed E-state index contributed by atoms with van der Waals surface area (Å²) in [6.45, 7) is 3.92. The Balaban J connectivity index is 3.01. The SMILES string of the molecule is CCOP(=O)(Cc1ccc(F)cc1C#N)OCC. The lowest BCUT2D eigenvalue weighted by atomic mass is 10.1. The smallest absolute Gasteiger partial charge is 0.309 e. The van der Waals surface area contributed by atoms with Crippen LogP contribution in [0.2, 0.25) is 0 Å². The van der Waals surface area contributed by atoms with E-state index < -0.39 is 13.4 Å². The van der Waals surface area contributed by atoms with Gasteiger partial charge in [0.15, 0.2) is 0 Å². The molecule has 0 heterocycles. The normalized spacial score (nSPS) is 11.2. The summed E-state index contributed by atoms with van der Waals surface area (Å²) in [6.07, 6.45) is -0.0299. The molecule has 0 atom stereocenters. The Morgan fingerprint density at radius 1 is 1.33 bits per heavy atom. The fourth-order valence-electron chi connectivity index (χ4n) is 1.52. The predicted octanol–water partition coefficient (Wildman–Crippen LogP) is 3.46. The van der Waals surface area contributed by atoms with Crippen LogP contribution in [0.15, 0.2) is 18.2 Å². The van der Waals surface area contributed by atoms with Crippen LogP contribution < -0.4 is 0 Å². The molecule has 0 spiro atoms. The molecule has 0 amide bonds. The van der Waals surface area contributed by atoms with Gasteiger partial charge in [-0.3, -0.25) is 4.57 Å². The molecule has 18 heavy (non-hydrogen) atoms. The van der Waals surface area contributed by atoms with E-state index in [1.165, 1.54) is 12.1 Å². The first kappa shape index (κ1) is 14.8. The first-order chi connectivity index (χ1) is 8.54. The van der Waals surface area contributed by atoms with Crippen molar-refractivity contribution in [3.63, 3.8) is 0 Å². The van der Waals surface area contributed by atoms with Gasteiger partial charge in [0.05, 0.1) is 31.0 Å². The highest BCUT2D eigenvalue weighted by atomic mass is 31.2. The molecule has 0 saturated heterocycles. The van der Waals surface area contributed by atoms with Gasteiger partial charge < -0.3 is 9.05 Å². The van der Waals surface area contributed by atoms with Crippen molar-refractivity contribution in [3.8, 4) is 6.07 Å². The second-order valence-corrected chi connectivity index (χ2v) is 5.57. The summed E-state index contributed by atoms with van der Waals surface area (Å²) in [5.74, 6) is -0.502. The third kappa shape index (κ3) is 3.92. The van der Waals surface area contributed by atoms with E-state index in [0.717, 1.165) is 6.07 Å². The van der Waals surface area contributed by atoms with Gasteiger partial charge in [0, 0.05) is 0 Å². The summed E-state index contributed by atoms with van der Waals surface area (Å²) in [4.78, 5) is 0. The van der Waals surface area contributed by atoms with E-state index >= 15 is 0 Å². The lowest BCUT2D eigenvalue weighted by Crippen LogP contribution is -2.01. The summed E-state index contributed by atoms with van der Waals surface area (Å²) >= 11 is 0. The van der Waals surface area contributed by atoms with E-state index in [-0.39, 0.29) is 24.9 Å². The molecule has 0 aromatic heterocycles. The molecule has 0 radical (unpaired) electrons. The molecule has 1 rings (SSSR count). The Bertz CT molecular complexity index is 489. The number of rotatable bonds is 6. The zero-order valence-electron chi connectivity index (χ0n) is 10.4. The lowest BCUT2D eigenvalue weighted by Gasteiger charge is -2.17. The summed E-state index contributed by atoms with van der Waals surface area (Å²) in [7, 11) is -3.27. The van der Waals surface area contributed by atoms with Crippen LogP contribution in [0.25, 0.3) is 0 Å². The van der Waals surface area contributed by atoms with Gasteiger partial charge in [-0.05, 0) is 31.5 Å². The number of hydrogen-bond donors (Lipinski definition) is 0. The third-order valence-electron chi connectivity index (χ3n) is 2.21. The molecule has 0 N–H and O–H groups in total. The second-order valence-electron chi connectivity index (χ2n) is 3.52. The van der Waals surface area contributed by atoms with Crippen LogP contribution in [-0.2, 0) is 19.8 Å². The molecule has 6 heteroatoms. The average Bonchev–Trinajstić information content (AvgIpc) is 2.32. The fourth-order valence-corrected chi connectivity index (χ4v) is 3.26. The fraction of sp³-hybridized carbons (Fsp3) is 0.417. The van der Waals surface area contributed by atoms with Gasteiger partial charge in [-0.1, -0.05) is 6.07 Å². The molecule has 0 saturated carbocycles. The lowest BCUT2D eigenvalue weighted by molar-refractivity contribution is 0.219. The molecule has 1 aromatic rings. The van der Waals surface area contributed by atoms with Gasteiger partial charge in [-0.25, -0.2) is 4.39 Å². The molecule has 0 unspecified atom stereocenters. The Labute approximate surface area is 106 Å². The van der Waals surface area contributed by atoms with Crippen LogP contribution >= 0.6 is 7.60 Å². The summed E-state index contributed by atoms with van der Waals surface area (Å²) in [5, 5.41) is 8.91. The molecule has 0 aliphatic rings. The summed E-state index contributed by atoms with van der Waals surface area (Å²) in [6, 6.07) is 5.63. The van der Waals surface area contributed by atoms with Gasteiger partial charge in [-0.2, -0.15) is 5.26 Å². The molecule has 1 aromatic carbocycles. The number of nitrogens with zero attached hydrogens (tertiary/aromatic N) is 1. The van der Waals surface area contributed by atoms with Crippen LogP contribution in [0.5, 0.6) is 0 Å². The molecule has 0 bridgehead atoms. The molecule has 0 fully saturated rings. The van der Waals surface area contributed by atoms with Crippen LogP contribution in [-0.4, -0.2) is 13.2 Å². The monoisotopic (exact) mass is 271 g/mol. The van der Waals surface area contributed by atoms with Crippen LogP contribution in [0.3, 0.4) is 0 Å². The van der Waals surface area contributed by atoms with Crippen molar-refractivity contribution in [2.75, 3.05) is 13.2 Å². The van der Waals surface area contributed by atoms with Crippen molar-refractivity contribution < 1.29 is 18.0 Å². The molecular weight excluding hydrogens is 256 g/mol. The molecule has 0 aliphatic heterocycles. The highest BCUT2D eigenvalue weighted by Gasteiger charge is 2.25. The maximum atomic E-state index is 13.0. The molecule has 0 aliphatic carbocycles. The Kier molecular flexibility index (Phi) is 5.49. The van der Waals surface area contributed by atoms with Crippen molar-refractivity contribution >= 4 is 7.60 Å². The minimum absolute atomic E-state index is 0.0299. The number of nitriles is 1. The third-order valence-corrected chi connectivity index (χ3v) is 4.24. The van der Waals surface area contributed by atoms with Gasteiger partial charge in [-0.15, -0.1) is 0 Å². The van der Waals surface area contributed by atoms with Crippen molar-refractivity contribution in [2.45, 2.75) is 20.0 Å². The first-order valence-corrected chi connectivity index (χ1v) is 7.34. The van der Waals surface area contributed by atoms with Crippen LogP contribution in [0.1, 0.15) is 25.0 Å². The first-order valence-electron chi connectivity index (χ1n) is 5.61. The Hall–Kier alpha value is -1.21. The van der Waals surface area contributed by atoms with Crippen LogP contribution in [0, 0.1) is 17.1 Å². The maximum Gasteiger partial charge on any atom is 0.335 e. The van der Waals surface area contributed by atoms with Gasteiger partial charge in [0.25, 0.3) is 0 Å². The minimum Gasteiger partial charge on any atom is -0.309 e. The van der Waals surface area contributed by atoms with Crippen molar-refractivity contribution in [2.24, 2.45) is 0 Å². The van der Waals surface area contributed by atoms with Gasteiger partial charge >= 0.3 is 7.60 Å². The summed E-state index contributed by atoms with van der Waals surface area (Å²) in [5.41, 5.74) is 0.610. The summed E-state index contributed by atoms with van der Waals surface area (Å²) < 4.78 is 35.5. The Morgan fingerprint density at radius 2 is 1.94 bits per heavy atom. The quantitative estimate of drug-likeness (QED) is 0.743. The number of halogens is 1. The second kappa shape index (κ2) is 6.65. The highest BCUT2D eigenvalue weighted by Crippen LogP contribution is 2.51. The van der Waals surface area contributed by atoms with E-state index in [1.54, 1.807) is 13.8 Å². The topological polar surface area (TPSA) is 59.3 Å². The van der Waals surface area contributed by atoms with Crippen molar-refractivity contribution in [1.82, 2.24) is 0 Å². The van der Waals surface area contributed by atoms with E-state index in [2.05, 4.69) is 0 Å². The predicted molar refractivity (Wildman–Crippen MR) is 65.7 cm³/mol. The highest BCUT2D eigenvalue weighted by molar-refractivity contribution is 7.53. The van der Waals surface area contributed by atoms with Crippen molar-refractivity contribution in [1.29, 1.82) is 5.26 Å². The number of benzene rings is 1. The van der Waals surface area contributed by atoms with Gasteiger partial charge in [0.2, 0.25) is 0 Å². The number of hydrogen-bond acceptors (Lipinski definition) is 4. The van der Waals surface area contributed by atoms with Crippen LogP contribution in [0.4, 0.5) is 4.39 Å².